The summed E-state index contributed by atoms with van der Waals surface area (Å²) in [6, 6.07) is 16.8. The van der Waals surface area contributed by atoms with Crippen LogP contribution in [0.2, 0.25) is 0 Å². The predicted octanol–water partition coefficient (Wildman–Crippen LogP) is 3.68. The van der Waals surface area contributed by atoms with E-state index in [9.17, 15) is 0 Å². The van der Waals surface area contributed by atoms with Gasteiger partial charge in [0, 0.05) is 39.9 Å². The van der Waals surface area contributed by atoms with E-state index in [1.54, 1.807) is 14.2 Å². The standard InChI is InChI=1S/C21H30N4O.HI/c1-22-21(24-16-18-7-5-9-20(15-18)26-4)23-14-6-8-17-10-12-19(13-11-17)25(2)3;/h5,7,9-13,15H,6,8,14,16H2,1-4H3,(H2,22,23,24);1H. The van der Waals surface area contributed by atoms with Crippen LogP contribution in [0.3, 0.4) is 0 Å². The van der Waals surface area contributed by atoms with E-state index in [4.69, 9.17) is 4.74 Å². The molecule has 5 nitrogen and oxygen atoms in total. The molecule has 2 rings (SSSR count). The van der Waals surface area contributed by atoms with E-state index in [1.807, 2.05) is 18.2 Å². The van der Waals surface area contributed by atoms with Gasteiger partial charge in [-0.3, -0.25) is 4.99 Å². The molecule has 0 saturated carbocycles. The van der Waals surface area contributed by atoms with Crippen molar-refractivity contribution in [1.29, 1.82) is 0 Å². The summed E-state index contributed by atoms with van der Waals surface area (Å²) in [5.74, 6) is 1.68. The van der Waals surface area contributed by atoms with Crippen LogP contribution >= 0.6 is 24.0 Å². The van der Waals surface area contributed by atoms with Gasteiger partial charge in [-0.05, 0) is 48.2 Å². The van der Waals surface area contributed by atoms with Crippen molar-refractivity contribution in [3.8, 4) is 5.75 Å². The third-order valence-electron chi connectivity index (χ3n) is 4.21. The zero-order chi connectivity index (χ0) is 18.8. The number of aryl methyl sites for hydroxylation is 1. The molecule has 2 aromatic rings. The summed E-state index contributed by atoms with van der Waals surface area (Å²) >= 11 is 0. The molecule has 6 heteroatoms. The number of hydrogen-bond acceptors (Lipinski definition) is 3. The van der Waals surface area contributed by atoms with Crippen molar-refractivity contribution >= 4 is 35.6 Å². The Labute approximate surface area is 180 Å². The number of methoxy groups -OCH3 is 1. The Balaban J connectivity index is 0.00000364. The number of hydrogen-bond donors (Lipinski definition) is 2. The highest BCUT2D eigenvalue weighted by Crippen LogP contribution is 2.13. The molecule has 0 fully saturated rings. The minimum absolute atomic E-state index is 0. The second-order valence-electron chi connectivity index (χ2n) is 6.37. The van der Waals surface area contributed by atoms with Crippen molar-refractivity contribution in [1.82, 2.24) is 10.6 Å². The number of halogens is 1. The monoisotopic (exact) mass is 482 g/mol. The third kappa shape index (κ3) is 8.07. The van der Waals surface area contributed by atoms with Gasteiger partial charge in [0.2, 0.25) is 0 Å². The number of nitrogens with one attached hydrogen (secondary N) is 2. The molecular formula is C21H31IN4O. The molecule has 0 bridgehead atoms. The number of nitrogens with zero attached hydrogens (tertiary/aromatic N) is 2. The Morgan fingerprint density at radius 3 is 2.41 bits per heavy atom. The summed E-state index contributed by atoms with van der Waals surface area (Å²) in [6.45, 7) is 1.59. The molecule has 2 aromatic carbocycles. The van der Waals surface area contributed by atoms with Gasteiger partial charge in [-0.1, -0.05) is 24.3 Å². The van der Waals surface area contributed by atoms with Crippen LogP contribution in [0.4, 0.5) is 5.69 Å². The van der Waals surface area contributed by atoms with Crippen LogP contribution in [0.25, 0.3) is 0 Å². The molecule has 0 atom stereocenters. The molecule has 0 amide bonds. The van der Waals surface area contributed by atoms with Crippen LogP contribution in [0.15, 0.2) is 53.5 Å². The van der Waals surface area contributed by atoms with E-state index >= 15 is 0 Å². The van der Waals surface area contributed by atoms with Gasteiger partial charge < -0.3 is 20.3 Å². The van der Waals surface area contributed by atoms with Crippen LogP contribution in [-0.2, 0) is 13.0 Å². The molecule has 0 saturated heterocycles. The van der Waals surface area contributed by atoms with Crippen molar-refractivity contribution < 1.29 is 4.74 Å². The fourth-order valence-corrected chi connectivity index (χ4v) is 2.65. The number of ether oxygens (including phenoxy) is 1. The van der Waals surface area contributed by atoms with Crippen LogP contribution in [0.1, 0.15) is 17.5 Å². The Morgan fingerprint density at radius 2 is 1.78 bits per heavy atom. The Hall–Kier alpha value is -1.96. The van der Waals surface area contributed by atoms with Crippen molar-refractivity contribution in [3.05, 3.63) is 59.7 Å². The van der Waals surface area contributed by atoms with Crippen LogP contribution < -0.4 is 20.3 Å². The maximum atomic E-state index is 5.25. The Bertz CT molecular complexity index is 702. The molecule has 0 unspecified atom stereocenters. The minimum Gasteiger partial charge on any atom is -0.497 e. The first-order valence-electron chi connectivity index (χ1n) is 8.96. The highest BCUT2D eigenvalue weighted by molar-refractivity contribution is 14.0. The zero-order valence-corrected chi connectivity index (χ0v) is 19.0. The fraction of sp³-hybridized carbons (Fsp3) is 0.381. The van der Waals surface area contributed by atoms with E-state index in [-0.39, 0.29) is 24.0 Å². The van der Waals surface area contributed by atoms with E-state index in [0.717, 1.165) is 36.7 Å². The van der Waals surface area contributed by atoms with Crippen molar-refractivity contribution in [2.75, 3.05) is 39.7 Å². The highest BCUT2D eigenvalue weighted by Gasteiger charge is 2.01. The van der Waals surface area contributed by atoms with Crippen molar-refractivity contribution in [2.24, 2.45) is 4.99 Å². The largest absolute Gasteiger partial charge is 0.497 e. The first kappa shape index (κ1) is 23.1. The summed E-state index contributed by atoms with van der Waals surface area (Å²) in [6.07, 6.45) is 2.11. The lowest BCUT2D eigenvalue weighted by molar-refractivity contribution is 0.414. The molecule has 0 aliphatic rings. The van der Waals surface area contributed by atoms with Gasteiger partial charge in [0.25, 0.3) is 0 Å². The molecule has 0 aliphatic heterocycles. The molecule has 0 aliphatic carbocycles. The van der Waals surface area contributed by atoms with E-state index in [1.165, 1.54) is 11.3 Å². The normalized spacial score (nSPS) is 10.7. The number of rotatable bonds is 8. The molecular weight excluding hydrogens is 451 g/mol. The second kappa shape index (κ2) is 12.4. The summed E-state index contributed by atoms with van der Waals surface area (Å²) in [7, 11) is 7.59. The molecule has 0 aromatic heterocycles. The maximum absolute atomic E-state index is 5.25. The molecule has 0 spiro atoms. The average Bonchev–Trinajstić information content (AvgIpc) is 2.68. The number of benzene rings is 2. The molecule has 0 heterocycles. The first-order chi connectivity index (χ1) is 12.6. The zero-order valence-electron chi connectivity index (χ0n) is 16.7. The smallest absolute Gasteiger partial charge is 0.191 e. The van der Waals surface area contributed by atoms with E-state index in [2.05, 4.69) is 65.0 Å². The molecule has 148 valence electrons. The van der Waals surface area contributed by atoms with Gasteiger partial charge in [-0.25, -0.2) is 0 Å². The third-order valence-corrected chi connectivity index (χ3v) is 4.21. The van der Waals surface area contributed by atoms with Gasteiger partial charge in [-0.2, -0.15) is 0 Å². The summed E-state index contributed by atoms with van der Waals surface area (Å²) in [4.78, 5) is 6.39. The number of aliphatic imine (C=N–C) groups is 1. The van der Waals surface area contributed by atoms with E-state index in [0.29, 0.717) is 6.54 Å². The van der Waals surface area contributed by atoms with Crippen molar-refractivity contribution in [3.63, 3.8) is 0 Å². The number of anilines is 1. The summed E-state index contributed by atoms with van der Waals surface area (Å²) < 4.78 is 5.25. The van der Waals surface area contributed by atoms with Gasteiger partial charge in [0.1, 0.15) is 5.75 Å². The molecule has 2 N–H and O–H groups in total. The predicted molar refractivity (Wildman–Crippen MR) is 126 cm³/mol. The summed E-state index contributed by atoms with van der Waals surface area (Å²) in [5.41, 5.74) is 3.75. The first-order valence-corrected chi connectivity index (χ1v) is 8.96. The quantitative estimate of drug-likeness (QED) is 0.261. The van der Waals surface area contributed by atoms with Gasteiger partial charge in [0.05, 0.1) is 7.11 Å². The lowest BCUT2D eigenvalue weighted by Gasteiger charge is -2.13. The van der Waals surface area contributed by atoms with Crippen LogP contribution in [0, 0.1) is 0 Å². The molecule has 27 heavy (non-hydrogen) atoms. The Morgan fingerprint density at radius 1 is 1.04 bits per heavy atom. The fourth-order valence-electron chi connectivity index (χ4n) is 2.65. The average molecular weight is 482 g/mol. The summed E-state index contributed by atoms with van der Waals surface area (Å²) in [5, 5.41) is 6.70. The Kier molecular flexibility index (Phi) is 10.6. The van der Waals surface area contributed by atoms with Gasteiger partial charge >= 0.3 is 0 Å². The van der Waals surface area contributed by atoms with Crippen molar-refractivity contribution in [2.45, 2.75) is 19.4 Å². The van der Waals surface area contributed by atoms with Crippen LogP contribution in [-0.4, -0.2) is 40.8 Å². The van der Waals surface area contributed by atoms with Gasteiger partial charge in [-0.15, -0.1) is 24.0 Å². The van der Waals surface area contributed by atoms with E-state index < -0.39 is 0 Å². The SMILES string of the molecule is CN=C(NCCCc1ccc(N(C)C)cc1)NCc1cccc(OC)c1.I. The maximum Gasteiger partial charge on any atom is 0.191 e. The lowest BCUT2D eigenvalue weighted by atomic mass is 10.1. The highest BCUT2D eigenvalue weighted by atomic mass is 127. The topological polar surface area (TPSA) is 48.9 Å². The van der Waals surface area contributed by atoms with Gasteiger partial charge in [0.15, 0.2) is 5.96 Å². The minimum atomic E-state index is 0. The second-order valence-corrected chi connectivity index (χ2v) is 6.37. The molecule has 0 radical (unpaired) electrons. The lowest BCUT2D eigenvalue weighted by Crippen LogP contribution is -2.37. The van der Waals surface area contributed by atoms with Crippen LogP contribution in [0.5, 0.6) is 5.75 Å². The number of guanidine groups is 1.